The Hall–Kier alpha value is -4.65. The molecular weight excluding hydrogens is 692 g/mol. The van der Waals surface area contributed by atoms with Crippen molar-refractivity contribution in [1.82, 2.24) is 10.2 Å². The second-order valence-electron chi connectivity index (χ2n) is 15.2. The van der Waals surface area contributed by atoms with Gasteiger partial charge in [-0.1, -0.05) is 66.8 Å². The van der Waals surface area contributed by atoms with Gasteiger partial charge in [-0.05, 0) is 78.9 Å². The molecule has 0 radical (unpaired) electrons. The fraction of sp³-hybridized carbons (Fsp3) is 0.500. The molecule has 0 bridgehead atoms. The Balaban J connectivity index is 0.892. The molecule has 2 atom stereocenters. The number of nitrogens with zero attached hydrogens (tertiary/aromatic N) is 1. The Morgan fingerprint density at radius 1 is 0.704 bits per heavy atom. The van der Waals surface area contributed by atoms with Crippen molar-refractivity contribution in [3.8, 4) is 11.1 Å². The Kier molecular flexibility index (Phi) is 11.7. The monoisotopic (exact) mass is 740 g/mol. The van der Waals surface area contributed by atoms with Gasteiger partial charge in [0.15, 0.2) is 24.8 Å². The molecule has 0 aromatic heterocycles. The van der Waals surface area contributed by atoms with Crippen molar-refractivity contribution in [2.45, 2.75) is 63.5 Å². The maximum absolute atomic E-state index is 13.4. The lowest BCUT2D eigenvalue weighted by atomic mass is 9.78. The number of hydrogen-bond acceptors (Lipinski definition) is 11. The molecule has 4 heterocycles. The van der Waals surface area contributed by atoms with Crippen molar-refractivity contribution >= 4 is 29.6 Å². The number of ketones is 2. The Labute approximate surface area is 315 Å². The number of hydrogen-bond donors (Lipinski definition) is 1. The number of ether oxygens (including phenoxy) is 5. The van der Waals surface area contributed by atoms with Crippen LogP contribution in [0.3, 0.4) is 0 Å². The van der Waals surface area contributed by atoms with Gasteiger partial charge in [0.2, 0.25) is 0 Å². The van der Waals surface area contributed by atoms with Gasteiger partial charge in [-0.3, -0.25) is 19.3 Å². The van der Waals surface area contributed by atoms with Crippen LogP contribution in [0, 0.1) is 10.8 Å². The number of nitrogens with one attached hydrogen (secondary N) is 1. The SMILES string of the molecule is O=C(COC(=O)C1CC2(CCOCC2)CN1)c1ccc(-c2ccc(C(=O)COC(=O)C3CC4(CCOCC4)CN3C(=O)OCC3=CCCC=C3)cc2)cc1. The topological polar surface area (TPSA) is 147 Å². The van der Waals surface area contributed by atoms with Crippen molar-refractivity contribution in [3.05, 3.63) is 83.5 Å². The van der Waals surface area contributed by atoms with Crippen LogP contribution in [-0.2, 0) is 33.3 Å². The van der Waals surface area contributed by atoms with Crippen LogP contribution in [-0.4, -0.2) is 106 Å². The first-order valence-electron chi connectivity index (χ1n) is 19.0. The Morgan fingerprint density at radius 2 is 1.28 bits per heavy atom. The molecule has 12 nitrogen and oxygen atoms in total. The number of benzene rings is 2. The molecule has 2 aromatic carbocycles. The summed E-state index contributed by atoms with van der Waals surface area (Å²) in [6.07, 6.45) is 11.7. The maximum atomic E-state index is 13.4. The Morgan fingerprint density at radius 3 is 1.85 bits per heavy atom. The van der Waals surface area contributed by atoms with E-state index in [1.165, 1.54) is 4.90 Å². The molecule has 4 fully saturated rings. The highest BCUT2D eigenvalue weighted by Crippen LogP contribution is 2.43. The molecular formula is C42H48N2O10. The van der Waals surface area contributed by atoms with Gasteiger partial charge in [-0.25, -0.2) is 9.59 Å². The molecule has 4 saturated heterocycles. The van der Waals surface area contributed by atoms with Crippen LogP contribution in [0.15, 0.2) is 72.3 Å². The van der Waals surface area contributed by atoms with E-state index in [1.807, 2.05) is 18.2 Å². The summed E-state index contributed by atoms with van der Waals surface area (Å²) in [6.45, 7) is 3.00. The number of carbonyl (C=O) groups is 5. The van der Waals surface area contributed by atoms with E-state index >= 15 is 0 Å². The number of allylic oxidation sites excluding steroid dienone is 2. The predicted octanol–water partition coefficient (Wildman–Crippen LogP) is 5.25. The van der Waals surface area contributed by atoms with Gasteiger partial charge in [0.05, 0.1) is 0 Å². The summed E-state index contributed by atoms with van der Waals surface area (Å²) in [4.78, 5) is 66.7. The highest BCUT2D eigenvalue weighted by Gasteiger charge is 2.50. The average Bonchev–Trinajstić information content (AvgIpc) is 3.80. The third-order valence-electron chi connectivity index (χ3n) is 11.6. The fourth-order valence-electron chi connectivity index (χ4n) is 8.23. The van der Waals surface area contributed by atoms with Crippen molar-refractivity contribution in [2.75, 3.05) is 59.3 Å². The molecule has 12 heteroatoms. The fourth-order valence-corrected chi connectivity index (χ4v) is 8.23. The third kappa shape index (κ3) is 8.83. The summed E-state index contributed by atoms with van der Waals surface area (Å²) in [5.41, 5.74) is 3.18. The molecule has 1 N–H and O–H groups in total. The quantitative estimate of drug-likeness (QED) is 0.183. The number of amides is 1. The molecule has 54 heavy (non-hydrogen) atoms. The van der Waals surface area contributed by atoms with Crippen LogP contribution in [0.2, 0.25) is 0 Å². The van der Waals surface area contributed by atoms with Gasteiger partial charge in [0.1, 0.15) is 18.7 Å². The van der Waals surface area contributed by atoms with Crippen LogP contribution < -0.4 is 5.32 Å². The van der Waals surface area contributed by atoms with Crippen LogP contribution in [0.4, 0.5) is 4.79 Å². The lowest BCUT2D eigenvalue weighted by Gasteiger charge is -2.32. The first kappa shape index (κ1) is 37.7. The minimum Gasteiger partial charge on any atom is -0.456 e. The first-order valence-corrected chi connectivity index (χ1v) is 19.0. The molecule has 0 saturated carbocycles. The van der Waals surface area contributed by atoms with Crippen molar-refractivity contribution in [1.29, 1.82) is 0 Å². The van der Waals surface area contributed by atoms with Crippen LogP contribution in [0.5, 0.6) is 0 Å². The normalized spacial score (nSPS) is 22.8. The minimum atomic E-state index is -0.849. The van der Waals surface area contributed by atoms with E-state index in [0.717, 1.165) is 61.8 Å². The van der Waals surface area contributed by atoms with Gasteiger partial charge in [-0.15, -0.1) is 0 Å². The maximum Gasteiger partial charge on any atom is 0.410 e. The molecule has 4 aliphatic heterocycles. The van der Waals surface area contributed by atoms with Crippen molar-refractivity contribution in [2.24, 2.45) is 10.8 Å². The third-order valence-corrected chi connectivity index (χ3v) is 11.6. The van der Waals surface area contributed by atoms with Gasteiger partial charge >= 0.3 is 18.0 Å². The minimum absolute atomic E-state index is 0.0653. The molecule has 1 amide bonds. The zero-order valence-corrected chi connectivity index (χ0v) is 30.6. The molecule has 2 aromatic rings. The van der Waals surface area contributed by atoms with E-state index in [4.69, 9.17) is 23.7 Å². The van der Waals surface area contributed by atoms with Gasteiger partial charge in [0.25, 0.3) is 0 Å². The highest BCUT2D eigenvalue weighted by molar-refractivity contribution is 5.99. The average molecular weight is 741 g/mol. The number of carbonyl (C=O) groups excluding carboxylic acids is 5. The smallest absolute Gasteiger partial charge is 0.410 e. The van der Waals surface area contributed by atoms with E-state index < -0.39 is 36.7 Å². The molecule has 5 aliphatic rings. The molecule has 1 aliphatic carbocycles. The first-order chi connectivity index (χ1) is 26.2. The summed E-state index contributed by atoms with van der Waals surface area (Å²) >= 11 is 0. The molecule has 7 rings (SSSR count). The molecule has 2 unspecified atom stereocenters. The summed E-state index contributed by atoms with van der Waals surface area (Å²) in [5.74, 6) is -1.69. The number of Topliss-reactive ketones (excluding diaryl/α,β-unsaturated/α-hetero) is 2. The summed E-state index contributed by atoms with van der Waals surface area (Å²) in [7, 11) is 0. The zero-order valence-electron chi connectivity index (χ0n) is 30.6. The van der Waals surface area contributed by atoms with Crippen LogP contribution in [0.1, 0.15) is 72.1 Å². The number of likely N-dealkylation sites (tertiary alicyclic amines) is 1. The summed E-state index contributed by atoms with van der Waals surface area (Å²) in [6, 6.07) is 12.6. The lowest BCUT2D eigenvalue weighted by Crippen LogP contribution is -2.42. The van der Waals surface area contributed by atoms with Crippen LogP contribution >= 0.6 is 0 Å². The van der Waals surface area contributed by atoms with Crippen molar-refractivity contribution in [3.63, 3.8) is 0 Å². The second kappa shape index (κ2) is 16.8. The molecule has 2 spiro atoms. The Bertz CT molecular complexity index is 1770. The lowest BCUT2D eigenvalue weighted by molar-refractivity contribution is -0.147. The van der Waals surface area contributed by atoms with E-state index in [9.17, 15) is 24.0 Å². The van der Waals surface area contributed by atoms with Gasteiger partial charge in [0, 0.05) is 50.6 Å². The van der Waals surface area contributed by atoms with E-state index in [0.29, 0.717) is 56.9 Å². The van der Waals surface area contributed by atoms with E-state index in [1.54, 1.807) is 48.5 Å². The van der Waals surface area contributed by atoms with Gasteiger partial charge < -0.3 is 29.0 Å². The van der Waals surface area contributed by atoms with E-state index in [2.05, 4.69) is 5.32 Å². The van der Waals surface area contributed by atoms with E-state index in [-0.39, 0.29) is 35.6 Å². The zero-order chi connectivity index (χ0) is 37.5. The highest BCUT2D eigenvalue weighted by atomic mass is 16.6. The second-order valence-corrected chi connectivity index (χ2v) is 15.2. The van der Waals surface area contributed by atoms with Crippen molar-refractivity contribution < 1.29 is 47.7 Å². The van der Waals surface area contributed by atoms with Crippen LogP contribution in [0.25, 0.3) is 11.1 Å². The largest absolute Gasteiger partial charge is 0.456 e. The standard InChI is InChI=1S/C42H48N2O10/c45-36(25-52-38(47)34-22-41(27-43-34)14-18-50-19-15-41)32-10-6-30(7-11-32)31-8-12-33(13-9-31)37(46)26-53-39(48)35-23-42(16-20-51-21-17-42)28-44(35)40(49)54-24-29-4-2-1-3-5-29/h2,4-13,34-35,43H,1,3,14-28H2. The number of rotatable bonds is 11. The van der Waals surface area contributed by atoms with Gasteiger partial charge in [-0.2, -0.15) is 0 Å². The predicted molar refractivity (Wildman–Crippen MR) is 197 cm³/mol. The summed E-state index contributed by atoms with van der Waals surface area (Å²) < 4.78 is 27.6. The molecule has 286 valence electrons. The summed E-state index contributed by atoms with van der Waals surface area (Å²) in [5, 5.41) is 3.26. The number of esters is 2.